The van der Waals surface area contributed by atoms with Gasteiger partial charge in [-0.25, -0.2) is 0 Å². The summed E-state index contributed by atoms with van der Waals surface area (Å²) in [5.41, 5.74) is 0. The van der Waals surface area contributed by atoms with E-state index in [-0.39, 0.29) is 12.5 Å². The maximum Gasteiger partial charge on any atom is 0.325 e. The SMILES string of the molecule is C/C=C/C=C/C(=O)NCC(=O)OCC. The zero-order valence-electron chi connectivity index (χ0n) is 8.45. The molecule has 0 fully saturated rings. The molecule has 0 radical (unpaired) electrons. The highest BCUT2D eigenvalue weighted by atomic mass is 16.5. The van der Waals surface area contributed by atoms with Crippen molar-refractivity contribution in [3.63, 3.8) is 0 Å². The van der Waals surface area contributed by atoms with Crippen molar-refractivity contribution in [2.45, 2.75) is 13.8 Å². The lowest BCUT2D eigenvalue weighted by molar-refractivity contribution is -0.143. The average molecular weight is 197 g/mol. The zero-order chi connectivity index (χ0) is 10.8. The van der Waals surface area contributed by atoms with Crippen molar-refractivity contribution < 1.29 is 14.3 Å². The lowest BCUT2D eigenvalue weighted by Crippen LogP contribution is -2.29. The molecule has 14 heavy (non-hydrogen) atoms. The van der Waals surface area contributed by atoms with Crippen LogP contribution in [0.4, 0.5) is 0 Å². The maximum absolute atomic E-state index is 11.0. The normalized spacial score (nSPS) is 10.7. The lowest BCUT2D eigenvalue weighted by atomic mass is 10.4. The molecule has 0 saturated carbocycles. The second-order valence-electron chi connectivity index (χ2n) is 2.41. The Bertz CT molecular complexity index is 244. The van der Waals surface area contributed by atoms with Crippen LogP contribution < -0.4 is 5.32 Å². The van der Waals surface area contributed by atoms with Gasteiger partial charge in [0.05, 0.1) is 6.61 Å². The molecular formula is C10H15NO3. The molecule has 78 valence electrons. The van der Waals surface area contributed by atoms with E-state index in [2.05, 4.69) is 10.1 Å². The quantitative estimate of drug-likeness (QED) is 0.403. The van der Waals surface area contributed by atoms with Crippen molar-refractivity contribution in [3.8, 4) is 0 Å². The van der Waals surface area contributed by atoms with Crippen molar-refractivity contribution in [1.82, 2.24) is 5.32 Å². The monoisotopic (exact) mass is 197 g/mol. The Morgan fingerprint density at radius 3 is 2.64 bits per heavy atom. The van der Waals surface area contributed by atoms with Gasteiger partial charge >= 0.3 is 5.97 Å². The number of hydrogen-bond acceptors (Lipinski definition) is 3. The Kier molecular flexibility index (Phi) is 7.13. The molecule has 0 aliphatic rings. The first-order chi connectivity index (χ1) is 6.70. The van der Waals surface area contributed by atoms with Gasteiger partial charge in [-0.2, -0.15) is 0 Å². The molecule has 0 heterocycles. The molecular weight excluding hydrogens is 182 g/mol. The summed E-state index contributed by atoms with van der Waals surface area (Å²) < 4.78 is 4.63. The minimum atomic E-state index is -0.430. The van der Waals surface area contributed by atoms with Crippen molar-refractivity contribution >= 4 is 11.9 Å². The second-order valence-corrected chi connectivity index (χ2v) is 2.41. The molecule has 0 unspecified atom stereocenters. The lowest BCUT2D eigenvalue weighted by Gasteiger charge is -2.01. The summed E-state index contributed by atoms with van der Waals surface area (Å²) in [4.78, 5) is 21.8. The van der Waals surface area contributed by atoms with Gasteiger partial charge in [0.1, 0.15) is 6.54 Å². The smallest absolute Gasteiger partial charge is 0.325 e. The van der Waals surface area contributed by atoms with E-state index in [1.54, 1.807) is 25.2 Å². The molecule has 1 amide bonds. The summed E-state index contributed by atoms with van der Waals surface area (Å²) in [7, 11) is 0. The van der Waals surface area contributed by atoms with Crippen molar-refractivity contribution in [2.75, 3.05) is 13.2 Å². The van der Waals surface area contributed by atoms with E-state index in [9.17, 15) is 9.59 Å². The third-order valence-electron chi connectivity index (χ3n) is 1.26. The number of ether oxygens (including phenoxy) is 1. The number of allylic oxidation sites excluding steroid dienone is 3. The predicted molar refractivity (Wildman–Crippen MR) is 53.6 cm³/mol. The summed E-state index contributed by atoms with van der Waals surface area (Å²) >= 11 is 0. The number of esters is 1. The van der Waals surface area contributed by atoms with E-state index < -0.39 is 5.97 Å². The minimum Gasteiger partial charge on any atom is -0.465 e. The highest BCUT2D eigenvalue weighted by Crippen LogP contribution is 1.79. The van der Waals surface area contributed by atoms with E-state index in [4.69, 9.17) is 0 Å². The topological polar surface area (TPSA) is 55.4 Å². The van der Waals surface area contributed by atoms with Crippen LogP contribution in [0.1, 0.15) is 13.8 Å². The third kappa shape index (κ3) is 7.09. The molecule has 0 saturated heterocycles. The predicted octanol–water partition coefficient (Wildman–Crippen LogP) is 0.798. The first kappa shape index (κ1) is 12.4. The molecule has 0 aromatic carbocycles. The highest BCUT2D eigenvalue weighted by molar-refractivity contribution is 5.90. The van der Waals surface area contributed by atoms with E-state index in [0.717, 1.165) is 0 Å². The average Bonchev–Trinajstić information content (AvgIpc) is 2.16. The van der Waals surface area contributed by atoms with E-state index in [1.807, 2.05) is 6.92 Å². The summed E-state index contributed by atoms with van der Waals surface area (Å²) in [6, 6.07) is 0. The van der Waals surface area contributed by atoms with Gasteiger partial charge in [0.2, 0.25) is 5.91 Å². The number of rotatable bonds is 5. The van der Waals surface area contributed by atoms with Crippen LogP contribution >= 0.6 is 0 Å². The summed E-state index contributed by atoms with van der Waals surface area (Å²) in [5, 5.41) is 2.39. The fourth-order valence-corrected chi connectivity index (χ4v) is 0.684. The largest absolute Gasteiger partial charge is 0.465 e. The minimum absolute atomic E-state index is 0.0904. The molecule has 0 atom stereocenters. The fraction of sp³-hybridized carbons (Fsp3) is 0.400. The van der Waals surface area contributed by atoms with Crippen LogP contribution in [0.5, 0.6) is 0 Å². The molecule has 0 aliphatic carbocycles. The van der Waals surface area contributed by atoms with Gasteiger partial charge in [0.25, 0.3) is 0 Å². The van der Waals surface area contributed by atoms with Crippen LogP contribution in [-0.4, -0.2) is 25.0 Å². The molecule has 0 aromatic rings. The van der Waals surface area contributed by atoms with Gasteiger partial charge in [-0.1, -0.05) is 18.2 Å². The van der Waals surface area contributed by atoms with Crippen LogP contribution in [0.3, 0.4) is 0 Å². The number of nitrogens with one attached hydrogen (secondary N) is 1. The Hall–Kier alpha value is -1.58. The standard InChI is InChI=1S/C10H15NO3/c1-3-5-6-7-9(12)11-8-10(13)14-4-2/h3,5-7H,4,8H2,1-2H3,(H,11,12)/b5-3+,7-6+. The Labute approximate surface area is 83.6 Å². The molecule has 0 aromatic heterocycles. The van der Waals surface area contributed by atoms with Gasteiger partial charge in [-0.15, -0.1) is 0 Å². The van der Waals surface area contributed by atoms with Crippen LogP contribution in [0, 0.1) is 0 Å². The van der Waals surface area contributed by atoms with Crippen LogP contribution in [0.15, 0.2) is 24.3 Å². The van der Waals surface area contributed by atoms with Crippen LogP contribution in [-0.2, 0) is 14.3 Å². The molecule has 4 heteroatoms. The first-order valence-electron chi connectivity index (χ1n) is 4.43. The maximum atomic E-state index is 11.0. The van der Waals surface area contributed by atoms with Gasteiger partial charge in [0, 0.05) is 6.08 Å². The van der Waals surface area contributed by atoms with Gasteiger partial charge in [-0.3, -0.25) is 9.59 Å². The van der Waals surface area contributed by atoms with Crippen LogP contribution in [0.25, 0.3) is 0 Å². The zero-order valence-corrected chi connectivity index (χ0v) is 8.45. The van der Waals surface area contributed by atoms with Gasteiger partial charge < -0.3 is 10.1 Å². The number of carbonyl (C=O) groups is 2. The second kappa shape index (κ2) is 8.04. The molecule has 0 rings (SSSR count). The van der Waals surface area contributed by atoms with E-state index in [1.165, 1.54) is 6.08 Å². The Morgan fingerprint density at radius 1 is 1.36 bits per heavy atom. The molecule has 0 spiro atoms. The van der Waals surface area contributed by atoms with E-state index >= 15 is 0 Å². The molecule has 0 bridgehead atoms. The number of amides is 1. The van der Waals surface area contributed by atoms with Crippen molar-refractivity contribution in [1.29, 1.82) is 0 Å². The first-order valence-corrected chi connectivity index (χ1v) is 4.43. The van der Waals surface area contributed by atoms with Gasteiger partial charge in [-0.05, 0) is 13.8 Å². The summed E-state index contributed by atoms with van der Waals surface area (Å²) in [5.74, 6) is -0.739. The fourth-order valence-electron chi connectivity index (χ4n) is 0.684. The highest BCUT2D eigenvalue weighted by Gasteiger charge is 2.01. The number of hydrogen-bond donors (Lipinski definition) is 1. The van der Waals surface area contributed by atoms with Crippen LogP contribution in [0.2, 0.25) is 0 Å². The molecule has 0 aliphatic heterocycles. The number of carbonyl (C=O) groups excluding carboxylic acids is 2. The van der Waals surface area contributed by atoms with E-state index in [0.29, 0.717) is 6.61 Å². The summed E-state index contributed by atoms with van der Waals surface area (Å²) in [6.07, 6.45) is 6.47. The molecule has 1 N–H and O–H groups in total. The Morgan fingerprint density at radius 2 is 2.07 bits per heavy atom. The Balaban J connectivity index is 3.68. The van der Waals surface area contributed by atoms with Gasteiger partial charge in [0.15, 0.2) is 0 Å². The van der Waals surface area contributed by atoms with Crippen molar-refractivity contribution in [3.05, 3.63) is 24.3 Å². The summed E-state index contributed by atoms with van der Waals surface area (Å²) in [6.45, 7) is 3.79. The molecule has 4 nitrogen and oxygen atoms in total. The third-order valence-corrected chi connectivity index (χ3v) is 1.26. The van der Waals surface area contributed by atoms with Crippen molar-refractivity contribution in [2.24, 2.45) is 0 Å².